The zero-order valence-corrected chi connectivity index (χ0v) is 11.2. The molecule has 0 aliphatic rings. The number of aliphatic carboxylic acids is 1. The summed E-state index contributed by atoms with van der Waals surface area (Å²) in [6.45, 7) is 6.58. The molecule has 0 aliphatic carbocycles. The van der Waals surface area contributed by atoms with E-state index in [0.717, 1.165) is 12.3 Å². The number of carboxylic acids is 1. The number of hydrogen-bond acceptors (Lipinski definition) is 1. The van der Waals surface area contributed by atoms with Crippen molar-refractivity contribution in [2.75, 3.05) is 0 Å². The Bertz CT molecular complexity index is 176. The summed E-state index contributed by atoms with van der Waals surface area (Å²) < 4.78 is 0. The van der Waals surface area contributed by atoms with Crippen LogP contribution in [0.4, 0.5) is 0 Å². The summed E-state index contributed by atoms with van der Waals surface area (Å²) in [5, 5.41) is 8.61. The van der Waals surface area contributed by atoms with Gasteiger partial charge >= 0.3 is 5.97 Å². The maximum atomic E-state index is 10.4. The lowest BCUT2D eigenvalue weighted by Gasteiger charge is -2.08. The van der Waals surface area contributed by atoms with Crippen LogP contribution in [0, 0.1) is 11.8 Å². The molecule has 1 N–H and O–H groups in total. The van der Waals surface area contributed by atoms with Crippen molar-refractivity contribution < 1.29 is 9.90 Å². The molecule has 0 heterocycles. The third-order valence-electron chi connectivity index (χ3n) is 3.00. The number of hydrogen-bond donors (Lipinski definition) is 1. The maximum Gasteiger partial charge on any atom is 0.303 e. The Morgan fingerprint density at radius 3 is 1.94 bits per heavy atom. The quantitative estimate of drug-likeness (QED) is 0.560. The van der Waals surface area contributed by atoms with E-state index in [1.54, 1.807) is 0 Å². The first-order valence-corrected chi connectivity index (χ1v) is 6.74. The SMILES string of the molecule is CC(C)CCCCCCCC(C)CC(=O)O. The summed E-state index contributed by atoms with van der Waals surface area (Å²) in [7, 11) is 0. The van der Waals surface area contributed by atoms with Crippen molar-refractivity contribution in [1.29, 1.82) is 0 Å². The summed E-state index contributed by atoms with van der Waals surface area (Å²) >= 11 is 0. The third-order valence-corrected chi connectivity index (χ3v) is 3.00. The first-order chi connectivity index (χ1) is 7.52. The summed E-state index contributed by atoms with van der Waals surface area (Å²) in [5.41, 5.74) is 0. The molecule has 0 fully saturated rings. The summed E-state index contributed by atoms with van der Waals surface area (Å²) in [6, 6.07) is 0. The lowest BCUT2D eigenvalue weighted by atomic mass is 9.98. The lowest BCUT2D eigenvalue weighted by molar-refractivity contribution is -0.138. The molecule has 16 heavy (non-hydrogen) atoms. The smallest absolute Gasteiger partial charge is 0.303 e. The molecule has 0 saturated heterocycles. The molecule has 2 nitrogen and oxygen atoms in total. The Morgan fingerprint density at radius 1 is 0.938 bits per heavy atom. The fourth-order valence-corrected chi connectivity index (χ4v) is 1.98. The van der Waals surface area contributed by atoms with Gasteiger partial charge in [0.05, 0.1) is 0 Å². The molecule has 0 bridgehead atoms. The van der Waals surface area contributed by atoms with Gasteiger partial charge in [-0.25, -0.2) is 0 Å². The van der Waals surface area contributed by atoms with E-state index in [1.807, 2.05) is 6.92 Å². The van der Waals surface area contributed by atoms with Crippen molar-refractivity contribution in [2.45, 2.75) is 72.1 Å². The molecule has 0 radical (unpaired) electrons. The largest absolute Gasteiger partial charge is 0.481 e. The fraction of sp³-hybridized carbons (Fsp3) is 0.929. The number of rotatable bonds is 10. The zero-order chi connectivity index (χ0) is 12.4. The maximum absolute atomic E-state index is 10.4. The molecule has 0 rings (SSSR count). The standard InChI is InChI=1S/C14H28O2/c1-12(2)9-7-5-4-6-8-10-13(3)11-14(15)16/h12-13H,4-11H2,1-3H3,(H,15,16). The van der Waals surface area contributed by atoms with Crippen LogP contribution in [0.15, 0.2) is 0 Å². The van der Waals surface area contributed by atoms with Gasteiger partial charge < -0.3 is 5.11 Å². The monoisotopic (exact) mass is 228 g/mol. The summed E-state index contributed by atoms with van der Waals surface area (Å²) in [4.78, 5) is 10.4. The minimum absolute atomic E-state index is 0.327. The molecule has 0 amide bonds. The number of carboxylic acid groups (broad SMARTS) is 1. The van der Waals surface area contributed by atoms with Crippen LogP contribution in [-0.4, -0.2) is 11.1 Å². The Morgan fingerprint density at radius 2 is 1.44 bits per heavy atom. The van der Waals surface area contributed by atoms with E-state index in [4.69, 9.17) is 5.11 Å². The van der Waals surface area contributed by atoms with Crippen molar-refractivity contribution in [2.24, 2.45) is 11.8 Å². The van der Waals surface area contributed by atoms with Crippen LogP contribution in [0.1, 0.15) is 72.1 Å². The lowest BCUT2D eigenvalue weighted by Crippen LogP contribution is -2.03. The zero-order valence-electron chi connectivity index (χ0n) is 11.2. The average molecular weight is 228 g/mol. The van der Waals surface area contributed by atoms with Gasteiger partial charge in [0.2, 0.25) is 0 Å². The first kappa shape index (κ1) is 15.5. The van der Waals surface area contributed by atoms with Gasteiger partial charge in [0.25, 0.3) is 0 Å². The molecule has 1 unspecified atom stereocenters. The van der Waals surface area contributed by atoms with E-state index in [0.29, 0.717) is 12.3 Å². The van der Waals surface area contributed by atoms with Gasteiger partial charge in [0.1, 0.15) is 0 Å². The highest BCUT2D eigenvalue weighted by molar-refractivity contribution is 5.66. The van der Waals surface area contributed by atoms with Gasteiger partial charge in [-0.1, -0.05) is 65.7 Å². The summed E-state index contributed by atoms with van der Waals surface area (Å²) in [6.07, 6.45) is 9.19. The van der Waals surface area contributed by atoms with Crippen LogP contribution < -0.4 is 0 Å². The Hall–Kier alpha value is -0.530. The van der Waals surface area contributed by atoms with Gasteiger partial charge in [-0.3, -0.25) is 4.79 Å². The van der Waals surface area contributed by atoms with E-state index in [1.165, 1.54) is 38.5 Å². The fourth-order valence-electron chi connectivity index (χ4n) is 1.98. The minimum atomic E-state index is -0.663. The van der Waals surface area contributed by atoms with Crippen molar-refractivity contribution in [3.63, 3.8) is 0 Å². The number of carbonyl (C=O) groups is 1. The molecule has 96 valence electrons. The average Bonchev–Trinajstić information content (AvgIpc) is 2.14. The molecule has 0 spiro atoms. The van der Waals surface area contributed by atoms with Crippen LogP contribution in [0.5, 0.6) is 0 Å². The second kappa shape index (κ2) is 9.68. The van der Waals surface area contributed by atoms with E-state index in [-0.39, 0.29) is 0 Å². The van der Waals surface area contributed by atoms with Crippen molar-refractivity contribution in [3.8, 4) is 0 Å². The molecule has 0 aromatic heterocycles. The Balaban J connectivity index is 3.17. The minimum Gasteiger partial charge on any atom is -0.481 e. The first-order valence-electron chi connectivity index (χ1n) is 6.74. The Labute approximate surface area is 100 Å². The highest BCUT2D eigenvalue weighted by atomic mass is 16.4. The number of unbranched alkanes of at least 4 members (excludes halogenated alkanes) is 4. The molecule has 0 aromatic carbocycles. The Kier molecular flexibility index (Phi) is 9.36. The normalized spacial score (nSPS) is 13.0. The third kappa shape index (κ3) is 11.5. The van der Waals surface area contributed by atoms with Gasteiger partial charge in [0.15, 0.2) is 0 Å². The van der Waals surface area contributed by atoms with Crippen LogP contribution >= 0.6 is 0 Å². The molecular weight excluding hydrogens is 200 g/mol. The van der Waals surface area contributed by atoms with Crippen molar-refractivity contribution >= 4 is 5.97 Å². The van der Waals surface area contributed by atoms with Gasteiger partial charge in [-0.05, 0) is 11.8 Å². The van der Waals surface area contributed by atoms with Gasteiger partial charge in [0, 0.05) is 6.42 Å². The molecular formula is C14H28O2. The topological polar surface area (TPSA) is 37.3 Å². The van der Waals surface area contributed by atoms with E-state index in [2.05, 4.69) is 13.8 Å². The van der Waals surface area contributed by atoms with Crippen molar-refractivity contribution in [3.05, 3.63) is 0 Å². The van der Waals surface area contributed by atoms with E-state index >= 15 is 0 Å². The molecule has 0 aromatic rings. The predicted octanol–water partition coefficient (Wildman–Crippen LogP) is 4.48. The van der Waals surface area contributed by atoms with Crippen molar-refractivity contribution in [1.82, 2.24) is 0 Å². The van der Waals surface area contributed by atoms with E-state index in [9.17, 15) is 4.79 Å². The summed E-state index contributed by atoms with van der Waals surface area (Å²) in [5.74, 6) is 0.508. The van der Waals surface area contributed by atoms with Crippen LogP contribution in [-0.2, 0) is 4.79 Å². The second-order valence-corrected chi connectivity index (χ2v) is 5.44. The van der Waals surface area contributed by atoms with Crippen LogP contribution in [0.3, 0.4) is 0 Å². The van der Waals surface area contributed by atoms with Crippen LogP contribution in [0.25, 0.3) is 0 Å². The molecule has 1 atom stereocenters. The van der Waals surface area contributed by atoms with Gasteiger partial charge in [-0.15, -0.1) is 0 Å². The van der Waals surface area contributed by atoms with E-state index < -0.39 is 5.97 Å². The highest BCUT2D eigenvalue weighted by Gasteiger charge is 2.06. The highest BCUT2D eigenvalue weighted by Crippen LogP contribution is 2.15. The van der Waals surface area contributed by atoms with Gasteiger partial charge in [-0.2, -0.15) is 0 Å². The van der Waals surface area contributed by atoms with Crippen LogP contribution in [0.2, 0.25) is 0 Å². The predicted molar refractivity (Wildman–Crippen MR) is 68.6 cm³/mol. The molecule has 0 aliphatic heterocycles. The molecule has 2 heteroatoms. The second-order valence-electron chi connectivity index (χ2n) is 5.44. The molecule has 0 saturated carbocycles.